The number of ether oxygens (including phenoxy) is 2. The number of fused-ring (bicyclic) bond motifs is 3. The Morgan fingerprint density at radius 2 is 1.59 bits per heavy atom. The molecule has 1 heterocycles. The minimum absolute atomic E-state index is 0.0929. The number of carbonyl (C=O) groups is 3. The Kier molecular flexibility index (Phi) is 8.77. The lowest BCUT2D eigenvalue weighted by atomic mass is 9.89. The molecule has 1 fully saturated rings. The topological polar surface area (TPSA) is 110 Å². The molecule has 9 heteroatoms. The van der Waals surface area contributed by atoms with Crippen LogP contribution in [0.25, 0.3) is 11.1 Å². The Morgan fingerprint density at radius 1 is 0.977 bits per heavy atom. The molecule has 44 heavy (non-hydrogen) atoms. The number of carbonyl (C=O) groups excluding carboxylic acids is 2. The summed E-state index contributed by atoms with van der Waals surface area (Å²) in [5, 5.41) is 13.1. The summed E-state index contributed by atoms with van der Waals surface area (Å²) in [4.78, 5) is 40.7. The van der Waals surface area contributed by atoms with Gasteiger partial charge in [0.2, 0.25) is 0 Å². The number of carboxylic acid groups (broad SMARTS) is 1. The maximum atomic E-state index is 14.1. The van der Waals surface area contributed by atoms with Crippen molar-refractivity contribution < 1.29 is 29.0 Å². The molecule has 2 atom stereocenters. The first kappa shape index (κ1) is 31.2. The van der Waals surface area contributed by atoms with Crippen molar-refractivity contribution >= 4 is 18.2 Å². The molecule has 1 saturated carbocycles. The van der Waals surface area contributed by atoms with Gasteiger partial charge in [0.15, 0.2) is 0 Å². The lowest BCUT2D eigenvalue weighted by Crippen LogP contribution is -2.49. The number of rotatable bonds is 7. The minimum atomic E-state index is -1.03. The Morgan fingerprint density at radius 3 is 2.18 bits per heavy atom. The largest absolute Gasteiger partial charge is 0.478 e. The molecular weight excluding hydrogens is 558 g/mol. The van der Waals surface area contributed by atoms with Crippen LogP contribution >= 0.6 is 0 Å². The Bertz CT molecular complexity index is 1520. The van der Waals surface area contributed by atoms with E-state index in [1.54, 1.807) is 11.8 Å². The van der Waals surface area contributed by atoms with Crippen LogP contribution in [0.3, 0.4) is 0 Å². The van der Waals surface area contributed by atoms with Gasteiger partial charge in [-0.05, 0) is 82.6 Å². The second-order valence-corrected chi connectivity index (χ2v) is 13.0. The number of aromatic nitrogens is 1. The van der Waals surface area contributed by atoms with Gasteiger partial charge in [0.25, 0.3) is 0 Å². The maximum Gasteiger partial charge on any atom is 0.410 e. The second-order valence-electron chi connectivity index (χ2n) is 13.0. The Hall–Kier alpha value is -4.27. The molecule has 2 N–H and O–H groups in total. The van der Waals surface area contributed by atoms with E-state index in [0.717, 1.165) is 40.8 Å². The number of carboxylic acids is 1. The summed E-state index contributed by atoms with van der Waals surface area (Å²) in [6, 6.07) is 15.9. The lowest BCUT2D eigenvalue weighted by molar-refractivity contribution is 0.0447. The van der Waals surface area contributed by atoms with Gasteiger partial charge in [-0.1, -0.05) is 48.5 Å². The average Bonchev–Trinajstić information content (AvgIpc) is 3.40. The Labute approximate surface area is 259 Å². The van der Waals surface area contributed by atoms with Crippen molar-refractivity contribution in [3.05, 3.63) is 82.2 Å². The van der Waals surface area contributed by atoms with E-state index < -0.39 is 23.8 Å². The Balaban J connectivity index is 1.41. The molecule has 3 aromatic rings. The third-order valence-corrected chi connectivity index (χ3v) is 9.03. The highest BCUT2D eigenvalue weighted by molar-refractivity contribution is 5.91. The van der Waals surface area contributed by atoms with Crippen LogP contribution in [0, 0.1) is 13.8 Å². The fourth-order valence-corrected chi connectivity index (χ4v) is 6.74. The van der Waals surface area contributed by atoms with Gasteiger partial charge in [0.05, 0.1) is 12.1 Å². The molecule has 2 aliphatic rings. The molecule has 2 amide bonds. The predicted molar refractivity (Wildman–Crippen MR) is 168 cm³/mol. The maximum absolute atomic E-state index is 14.1. The van der Waals surface area contributed by atoms with Gasteiger partial charge in [-0.15, -0.1) is 0 Å². The predicted octanol–water partition coefficient (Wildman–Crippen LogP) is 6.93. The summed E-state index contributed by atoms with van der Waals surface area (Å²) < 4.78 is 13.4. The summed E-state index contributed by atoms with van der Waals surface area (Å²) in [6.45, 7) is 9.36. The van der Waals surface area contributed by atoms with Crippen molar-refractivity contribution in [2.24, 2.45) is 7.05 Å². The molecule has 234 valence electrons. The smallest absolute Gasteiger partial charge is 0.410 e. The van der Waals surface area contributed by atoms with Gasteiger partial charge in [0.1, 0.15) is 12.2 Å². The van der Waals surface area contributed by atoms with E-state index in [1.807, 2.05) is 63.6 Å². The van der Waals surface area contributed by atoms with Gasteiger partial charge in [0, 0.05) is 42.0 Å². The standard InChI is InChI=1S/C35H43N3O6/c1-21-29(31(32(39)40)22(2)37(21)6)19-38(24-13-11-12-23(18-24)36-33(41)44-35(3,4)5)34(42)43-20-30-27-16-9-7-14-25(27)26-15-8-10-17-28(26)30/h7-10,14-17,23-24,30H,11-13,18-20H2,1-6H3,(H,36,41)(H,39,40)/t23-,24-/m1/s1. The summed E-state index contributed by atoms with van der Waals surface area (Å²) >= 11 is 0. The molecule has 2 aliphatic carbocycles. The molecule has 0 saturated heterocycles. The number of hydrogen-bond acceptors (Lipinski definition) is 5. The van der Waals surface area contributed by atoms with Crippen LogP contribution in [0.15, 0.2) is 48.5 Å². The van der Waals surface area contributed by atoms with Gasteiger partial charge < -0.3 is 29.4 Å². The van der Waals surface area contributed by atoms with E-state index in [-0.39, 0.29) is 36.7 Å². The molecular formula is C35H43N3O6. The molecule has 0 bridgehead atoms. The number of hydrogen-bond donors (Lipinski definition) is 2. The highest BCUT2D eigenvalue weighted by Gasteiger charge is 2.36. The van der Waals surface area contributed by atoms with Crippen LogP contribution in [0.1, 0.15) is 90.8 Å². The first-order valence-corrected chi connectivity index (χ1v) is 15.3. The SMILES string of the molecule is Cc1c(CN(C(=O)OCC2c3ccccc3-c3ccccc32)[C@@H]2CCC[C@@H](NC(=O)OC(C)(C)C)C2)c(C(=O)O)c(C)n1C. The molecule has 2 aromatic carbocycles. The zero-order chi connectivity index (χ0) is 31.8. The van der Waals surface area contributed by atoms with Crippen molar-refractivity contribution in [2.75, 3.05) is 6.61 Å². The molecule has 5 rings (SSSR count). The van der Waals surface area contributed by atoms with Crippen LogP contribution in [-0.4, -0.2) is 57.0 Å². The number of benzene rings is 2. The lowest BCUT2D eigenvalue weighted by Gasteiger charge is -2.37. The number of amides is 2. The summed E-state index contributed by atoms with van der Waals surface area (Å²) in [5.74, 6) is -1.13. The number of alkyl carbamates (subject to hydrolysis) is 1. The van der Waals surface area contributed by atoms with Gasteiger partial charge >= 0.3 is 18.2 Å². The molecule has 0 aliphatic heterocycles. The molecule has 9 nitrogen and oxygen atoms in total. The third-order valence-electron chi connectivity index (χ3n) is 9.03. The summed E-state index contributed by atoms with van der Waals surface area (Å²) in [6.07, 6.45) is 1.79. The van der Waals surface area contributed by atoms with Crippen LogP contribution in [0.4, 0.5) is 9.59 Å². The number of nitrogens with one attached hydrogen (secondary N) is 1. The second kappa shape index (κ2) is 12.4. The van der Waals surface area contributed by atoms with E-state index in [0.29, 0.717) is 24.1 Å². The highest BCUT2D eigenvalue weighted by Crippen LogP contribution is 2.44. The molecule has 0 unspecified atom stereocenters. The van der Waals surface area contributed by atoms with Crippen LogP contribution in [0.5, 0.6) is 0 Å². The van der Waals surface area contributed by atoms with Crippen LogP contribution < -0.4 is 5.32 Å². The average molecular weight is 602 g/mol. The van der Waals surface area contributed by atoms with Crippen molar-refractivity contribution in [3.63, 3.8) is 0 Å². The number of aromatic carboxylic acids is 1. The summed E-state index contributed by atoms with van der Waals surface area (Å²) in [7, 11) is 1.83. The normalized spacial score (nSPS) is 17.9. The first-order chi connectivity index (χ1) is 20.9. The third kappa shape index (κ3) is 6.32. The van der Waals surface area contributed by atoms with E-state index in [1.165, 1.54) is 0 Å². The van der Waals surface area contributed by atoms with E-state index in [9.17, 15) is 19.5 Å². The van der Waals surface area contributed by atoms with Crippen molar-refractivity contribution in [1.29, 1.82) is 0 Å². The van der Waals surface area contributed by atoms with Crippen molar-refractivity contribution in [2.45, 2.75) is 90.4 Å². The monoisotopic (exact) mass is 601 g/mol. The molecule has 1 aromatic heterocycles. The van der Waals surface area contributed by atoms with Crippen LogP contribution in [-0.2, 0) is 23.1 Å². The molecule has 0 spiro atoms. The van der Waals surface area contributed by atoms with Gasteiger partial charge in [-0.2, -0.15) is 0 Å². The quantitative estimate of drug-likeness (QED) is 0.304. The van der Waals surface area contributed by atoms with E-state index in [4.69, 9.17) is 9.47 Å². The van der Waals surface area contributed by atoms with Gasteiger partial charge in [-0.25, -0.2) is 14.4 Å². The minimum Gasteiger partial charge on any atom is -0.478 e. The summed E-state index contributed by atoms with van der Waals surface area (Å²) in [5.41, 5.74) is 6.12. The fraction of sp³-hybridized carbons (Fsp3) is 0.457. The van der Waals surface area contributed by atoms with Crippen molar-refractivity contribution in [3.8, 4) is 11.1 Å². The fourth-order valence-electron chi connectivity index (χ4n) is 6.74. The zero-order valence-electron chi connectivity index (χ0n) is 26.5. The van der Waals surface area contributed by atoms with Gasteiger partial charge in [-0.3, -0.25) is 0 Å². The van der Waals surface area contributed by atoms with E-state index in [2.05, 4.69) is 29.6 Å². The van der Waals surface area contributed by atoms with E-state index >= 15 is 0 Å². The highest BCUT2D eigenvalue weighted by atomic mass is 16.6. The van der Waals surface area contributed by atoms with Crippen molar-refractivity contribution in [1.82, 2.24) is 14.8 Å². The molecule has 0 radical (unpaired) electrons. The zero-order valence-corrected chi connectivity index (χ0v) is 26.5. The van der Waals surface area contributed by atoms with Crippen LogP contribution in [0.2, 0.25) is 0 Å². The first-order valence-electron chi connectivity index (χ1n) is 15.3. The number of nitrogens with zero attached hydrogens (tertiary/aromatic N) is 2.